The zero-order valence-electron chi connectivity index (χ0n) is 19.4. The van der Waals surface area contributed by atoms with E-state index in [1.807, 2.05) is 29.1 Å². The number of allylic oxidation sites excluding steroid dienone is 4. The number of aryl methyl sites for hydroxylation is 1. The first-order chi connectivity index (χ1) is 16.7. The van der Waals surface area contributed by atoms with E-state index in [1.54, 1.807) is 0 Å². The number of nitrogens with one attached hydrogen (secondary N) is 2. The van der Waals surface area contributed by atoms with Gasteiger partial charge in [0, 0.05) is 37.4 Å². The summed E-state index contributed by atoms with van der Waals surface area (Å²) < 4.78 is 7.46. The van der Waals surface area contributed by atoms with Gasteiger partial charge in [0.2, 0.25) is 0 Å². The van der Waals surface area contributed by atoms with Gasteiger partial charge in [-0.15, -0.1) is 0 Å². The molecule has 0 unspecified atom stereocenters. The Labute approximate surface area is 198 Å². The van der Waals surface area contributed by atoms with Crippen molar-refractivity contribution >= 4 is 28.2 Å². The highest BCUT2D eigenvalue weighted by molar-refractivity contribution is 6.11. The van der Waals surface area contributed by atoms with E-state index in [2.05, 4.69) is 46.9 Å². The Balaban J connectivity index is 1.42. The third kappa shape index (κ3) is 3.70. The molecule has 2 aromatic heterocycles. The topological polar surface area (TPSA) is 81.1 Å². The monoisotopic (exact) mass is 455 g/mol. The lowest BCUT2D eigenvalue weighted by molar-refractivity contribution is 0.0903. The van der Waals surface area contributed by atoms with Gasteiger partial charge in [-0.3, -0.25) is 4.79 Å². The van der Waals surface area contributed by atoms with E-state index in [9.17, 15) is 4.79 Å². The van der Waals surface area contributed by atoms with Crippen molar-refractivity contribution in [3.8, 4) is 0 Å². The fourth-order valence-corrected chi connectivity index (χ4v) is 5.21. The largest absolute Gasteiger partial charge is 0.381 e. The molecular formula is C27H29N5O2. The SMILES string of the molecule is CCn1ncc2c(NC3CCOCC3)c(C(=O)NC3Cc4ccccc4C3)c(C3=CC=C3)nc21. The molecule has 34 heavy (non-hydrogen) atoms. The first-order valence-electron chi connectivity index (χ1n) is 12.2. The molecule has 2 aliphatic carbocycles. The van der Waals surface area contributed by atoms with Gasteiger partial charge >= 0.3 is 0 Å². The van der Waals surface area contributed by atoms with Gasteiger partial charge in [0.25, 0.3) is 5.91 Å². The summed E-state index contributed by atoms with van der Waals surface area (Å²) in [7, 11) is 0. The van der Waals surface area contributed by atoms with E-state index in [-0.39, 0.29) is 18.0 Å². The van der Waals surface area contributed by atoms with Crippen molar-refractivity contribution in [1.82, 2.24) is 20.1 Å². The third-order valence-electron chi connectivity index (χ3n) is 7.09. The molecule has 0 atom stereocenters. The first-order valence-corrected chi connectivity index (χ1v) is 12.2. The van der Waals surface area contributed by atoms with Gasteiger partial charge in [-0.2, -0.15) is 5.10 Å². The molecule has 174 valence electrons. The molecule has 1 aliphatic heterocycles. The Kier molecular flexibility index (Phi) is 5.41. The average molecular weight is 456 g/mol. The molecule has 0 radical (unpaired) electrons. The van der Waals surface area contributed by atoms with Crippen LogP contribution >= 0.6 is 0 Å². The Hall–Kier alpha value is -3.45. The number of ether oxygens (including phenoxy) is 1. The molecule has 7 heteroatoms. The Morgan fingerprint density at radius 3 is 2.53 bits per heavy atom. The number of aromatic nitrogens is 3. The number of benzene rings is 1. The maximum absolute atomic E-state index is 13.9. The molecule has 3 aromatic rings. The van der Waals surface area contributed by atoms with Crippen molar-refractivity contribution in [3.05, 3.63) is 71.1 Å². The highest BCUT2D eigenvalue weighted by Crippen LogP contribution is 2.36. The predicted molar refractivity (Wildman–Crippen MR) is 133 cm³/mol. The zero-order chi connectivity index (χ0) is 23.1. The Morgan fingerprint density at radius 2 is 1.88 bits per heavy atom. The van der Waals surface area contributed by atoms with Crippen LogP contribution in [0.3, 0.4) is 0 Å². The van der Waals surface area contributed by atoms with Crippen LogP contribution in [-0.4, -0.2) is 46.0 Å². The number of carbonyl (C=O) groups excluding carboxylic acids is 1. The molecule has 1 amide bonds. The second kappa shape index (κ2) is 8.72. The van der Waals surface area contributed by atoms with Gasteiger partial charge in [0.15, 0.2) is 5.65 Å². The van der Waals surface area contributed by atoms with Gasteiger partial charge in [-0.05, 0) is 43.7 Å². The summed E-state index contributed by atoms with van der Waals surface area (Å²) in [6, 6.07) is 8.76. The van der Waals surface area contributed by atoms with Crippen LogP contribution in [0.2, 0.25) is 0 Å². The van der Waals surface area contributed by atoms with Crippen molar-refractivity contribution in [3.63, 3.8) is 0 Å². The molecule has 7 nitrogen and oxygen atoms in total. The second-order valence-corrected chi connectivity index (χ2v) is 9.27. The minimum atomic E-state index is -0.0813. The maximum atomic E-state index is 13.9. The first kappa shape index (κ1) is 21.1. The van der Waals surface area contributed by atoms with Crippen LogP contribution in [-0.2, 0) is 24.1 Å². The summed E-state index contributed by atoms with van der Waals surface area (Å²) in [4.78, 5) is 18.9. The predicted octanol–water partition coefficient (Wildman–Crippen LogP) is 3.89. The van der Waals surface area contributed by atoms with Crippen LogP contribution in [0.5, 0.6) is 0 Å². The number of hydrogen-bond donors (Lipinski definition) is 2. The van der Waals surface area contributed by atoms with Crippen LogP contribution < -0.4 is 10.6 Å². The molecule has 1 saturated heterocycles. The lowest BCUT2D eigenvalue weighted by Crippen LogP contribution is -2.37. The molecule has 3 heterocycles. The van der Waals surface area contributed by atoms with Crippen LogP contribution in [0, 0.1) is 0 Å². The fraction of sp³-hybridized carbons (Fsp3) is 0.370. The average Bonchev–Trinajstić information content (AvgIpc) is 3.41. The molecular weight excluding hydrogens is 426 g/mol. The molecule has 2 N–H and O–H groups in total. The highest BCUT2D eigenvalue weighted by atomic mass is 16.5. The number of anilines is 1. The number of fused-ring (bicyclic) bond motifs is 2. The van der Waals surface area contributed by atoms with Crippen molar-refractivity contribution in [2.75, 3.05) is 18.5 Å². The quantitative estimate of drug-likeness (QED) is 0.589. The molecule has 1 aromatic carbocycles. The highest BCUT2D eigenvalue weighted by Gasteiger charge is 2.30. The van der Waals surface area contributed by atoms with E-state index < -0.39 is 0 Å². The van der Waals surface area contributed by atoms with Crippen molar-refractivity contribution in [2.24, 2.45) is 0 Å². The molecule has 0 spiro atoms. The summed E-state index contributed by atoms with van der Waals surface area (Å²) in [6.45, 7) is 4.22. The van der Waals surface area contributed by atoms with Crippen molar-refractivity contribution in [2.45, 2.75) is 51.2 Å². The third-order valence-corrected chi connectivity index (χ3v) is 7.09. The molecule has 0 bridgehead atoms. The summed E-state index contributed by atoms with van der Waals surface area (Å²) in [5, 5.41) is 12.5. The van der Waals surface area contributed by atoms with Crippen molar-refractivity contribution in [1.29, 1.82) is 0 Å². The van der Waals surface area contributed by atoms with Gasteiger partial charge in [-0.1, -0.05) is 42.5 Å². The summed E-state index contributed by atoms with van der Waals surface area (Å²) in [5.74, 6) is -0.0813. The van der Waals surface area contributed by atoms with Crippen molar-refractivity contribution < 1.29 is 9.53 Å². The van der Waals surface area contributed by atoms with Crippen LogP contribution in [0.4, 0.5) is 5.69 Å². The normalized spacial score (nSPS) is 18.0. The zero-order valence-corrected chi connectivity index (χ0v) is 19.4. The molecule has 6 rings (SSSR count). The van der Waals surface area contributed by atoms with Gasteiger partial charge in [0.1, 0.15) is 0 Å². The Morgan fingerprint density at radius 1 is 1.15 bits per heavy atom. The van der Waals surface area contributed by atoms with Crippen LogP contribution in [0.25, 0.3) is 16.6 Å². The number of rotatable bonds is 6. The lowest BCUT2D eigenvalue weighted by Gasteiger charge is -2.27. The van der Waals surface area contributed by atoms with E-state index in [1.165, 1.54) is 11.1 Å². The molecule has 1 fully saturated rings. The van der Waals surface area contributed by atoms with E-state index in [0.717, 1.165) is 61.2 Å². The van der Waals surface area contributed by atoms with Crippen LogP contribution in [0.1, 0.15) is 46.9 Å². The summed E-state index contributed by atoms with van der Waals surface area (Å²) in [6.07, 6.45) is 11.4. The number of nitrogens with zero attached hydrogens (tertiary/aromatic N) is 3. The van der Waals surface area contributed by atoms with E-state index >= 15 is 0 Å². The van der Waals surface area contributed by atoms with Crippen LogP contribution in [0.15, 0.2) is 48.7 Å². The standard InChI is InChI=1S/C27H29N5O2/c1-2-32-26-22(16-28-32)25(29-20-10-12-34-13-11-20)23(24(31-26)17-8-5-9-17)27(33)30-21-14-18-6-3-4-7-19(18)15-21/h3-9,16,20-21H,2,10-15H2,1H3,(H,29,31)(H,30,33). The number of hydrogen-bond acceptors (Lipinski definition) is 5. The lowest BCUT2D eigenvalue weighted by atomic mass is 9.96. The summed E-state index contributed by atoms with van der Waals surface area (Å²) >= 11 is 0. The minimum Gasteiger partial charge on any atom is -0.381 e. The minimum absolute atomic E-state index is 0.0775. The summed E-state index contributed by atoms with van der Waals surface area (Å²) in [5.41, 5.74) is 6.57. The van der Waals surface area contributed by atoms with E-state index in [0.29, 0.717) is 17.8 Å². The van der Waals surface area contributed by atoms with Gasteiger partial charge < -0.3 is 15.4 Å². The molecule has 3 aliphatic rings. The number of carbonyl (C=O) groups is 1. The smallest absolute Gasteiger partial charge is 0.255 e. The Bertz CT molecular complexity index is 1290. The number of amides is 1. The number of pyridine rings is 1. The van der Waals surface area contributed by atoms with Gasteiger partial charge in [-0.25, -0.2) is 9.67 Å². The van der Waals surface area contributed by atoms with E-state index in [4.69, 9.17) is 9.72 Å². The fourth-order valence-electron chi connectivity index (χ4n) is 5.21. The second-order valence-electron chi connectivity index (χ2n) is 9.27. The van der Waals surface area contributed by atoms with Gasteiger partial charge in [0.05, 0.1) is 28.5 Å². The maximum Gasteiger partial charge on any atom is 0.255 e. The molecule has 0 saturated carbocycles.